The molecule has 3 heteroatoms. The highest BCUT2D eigenvalue weighted by Crippen LogP contribution is 2.21. The average molecular weight is 209 g/mol. The minimum Gasteiger partial charge on any atom is -0.292 e. The molecule has 0 aliphatic rings. The lowest BCUT2D eigenvalue weighted by atomic mass is 9.89. The predicted molar refractivity (Wildman–Crippen MR) is 57.2 cm³/mol. The third kappa shape index (κ3) is 4.19. The topological polar surface area (TPSA) is 30.0 Å². The summed E-state index contributed by atoms with van der Waals surface area (Å²) in [5.74, 6) is -0.438. The fourth-order valence-corrected chi connectivity index (χ4v) is 1.16. The molecule has 1 aromatic rings. The first-order valence-corrected chi connectivity index (χ1v) is 5.03. The Morgan fingerprint density at radius 3 is 2.53 bits per heavy atom. The Hall–Kier alpha value is -1.25. The minimum atomic E-state index is -0.414. The van der Waals surface area contributed by atoms with Crippen molar-refractivity contribution in [3.8, 4) is 0 Å². The standard InChI is InChI=1S/C12H16FNO/c1-12(2,3)7-6-11(15)10-5-4-9(13)8-14-10/h4-5,8H,6-7H2,1-3H3. The second-order valence-electron chi connectivity index (χ2n) is 4.85. The molecule has 0 fully saturated rings. The average Bonchev–Trinajstić information content (AvgIpc) is 2.14. The first kappa shape index (κ1) is 11.8. The Bertz CT molecular complexity index is 338. The Balaban J connectivity index is 2.58. The predicted octanol–water partition coefficient (Wildman–Crippen LogP) is 3.23. The molecule has 1 rings (SSSR count). The van der Waals surface area contributed by atoms with E-state index in [-0.39, 0.29) is 11.2 Å². The summed E-state index contributed by atoms with van der Waals surface area (Å²) in [7, 11) is 0. The third-order valence-corrected chi connectivity index (χ3v) is 2.12. The van der Waals surface area contributed by atoms with Gasteiger partial charge >= 0.3 is 0 Å². The lowest BCUT2D eigenvalue weighted by Crippen LogP contribution is -2.10. The van der Waals surface area contributed by atoms with Crippen molar-refractivity contribution >= 4 is 5.78 Å². The van der Waals surface area contributed by atoms with Gasteiger partial charge in [-0.2, -0.15) is 0 Å². The van der Waals surface area contributed by atoms with Crippen LogP contribution < -0.4 is 0 Å². The van der Waals surface area contributed by atoms with E-state index in [0.29, 0.717) is 12.1 Å². The molecular formula is C12H16FNO. The van der Waals surface area contributed by atoms with Crippen molar-refractivity contribution in [3.05, 3.63) is 29.8 Å². The van der Waals surface area contributed by atoms with E-state index >= 15 is 0 Å². The number of hydrogen-bond acceptors (Lipinski definition) is 2. The number of ketones is 1. The molecule has 0 bridgehead atoms. The second-order valence-corrected chi connectivity index (χ2v) is 4.85. The smallest absolute Gasteiger partial charge is 0.181 e. The molecule has 82 valence electrons. The van der Waals surface area contributed by atoms with Gasteiger partial charge in [0.2, 0.25) is 0 Å². The number of carbonyl (C=O) groups excluding carboxylic acids is 1. The lowest BCUT2D eigenvalue weighted by molar-refractivity contribution is 0.0961. The van der Waals surface area contributed by atoms with Crippen LogP contribution >= 0.6 is 0 Å². The van der Waals surface area contributed by atoms with Crippen LogP contribution in [0.2, 0.25) is 0 Å². The molecule has 0 atom stereocenters. The lowest BCUT2D eigenvalue weighted by Gasteiger charge is -2.16. The van der Waals surface area contributed by atoms with Crippen molar-refractivity contribution < 1.29 is 9.18 Å². The molecule has 0 amide bonds. The molecule has 0 spiro atoms. The zero-order chi connectivity index (χ0) is 11.5. The summed E-state index contributed by atoms with van der Waals surface area (Å²) in [6, 6.07) is 2.69. The zero-order valence-electron chi connectivity index (χ0n) is 9.38. The van der Waals surface area contributed by atoms with Gasteiger partial charge in [0.25, 0.3) is 0 Å². The first-order chi connectivity index (χ1) is 6.88. The fraction of sp³-hybridized carbons (Fsp3) is 0.500. The van der Waals surface area contributed by atoms with Crippen LogP contribution in [0.25, 0.3) is 0 Å². The number of hydrogen-bond donors (Lipinski definition) is 0. The van der Waals surface area contributed by atoms with E-state index in [2.05, 4.69) is 25.8 Å². The summed E-state index contributed by atoms with van der Waals surface area (Å²) < 4.78 is 12.6. The van der Waals surface area contributed by atoms with Crippen molar-refractivity contribution in [2.75, 3.05) is 0 Å². The van der Waals surface area contributed by atoms with Crippen molar-refractivity contribution in [1.29, 1.82) is 0 Å². The molecule has 15 heavy (non-hydrogen) atoms. The molecule has 0 N–H and O–H groups in total. The van der Waals surface area contributed by atoms with Gasteiger partial charge in [-0.3, -0.25) is 9.78 Å². The summed E-state index contributed by atoms with van der Waals surface area (Å²) in [5, 5.41) is 0. The highest BCUT2D eigenvalue weighted by molar-refractivity contribution is 5.94. The molecule has 0 aliphatic carbocycles. The Labute approximate surface area is 89.5 Å². The van der Waals surface area contributed by atoms with E-state index in [4.69, 9.17) is 0 Å². The summed E-state index contributed by atoms with van der Waals surface area (Å²) in [5.41, 5.74) is 0.482. The summed E-state index contributed by atoms with van der Waals surface area (Å²) >= 11 is 0. The molecule has 1 heterocycles. The molecule has 0 radical (unpaired) electrons. The molecule has 0 saturated carbocycles. The Morgan fingerprint density at radius 2 is 2.07 bits per heavy atom. The SMILES string of the molecule is CC(C)(C)CCC(=O)c1ccc(F)cn1. The van der Waals surface area contributed by atoms with Gasteiger partial charge in [0.15, 0.2) is 5.78 Å². The molecule has 0 unspecified atom stereocenters. The number of halogens is 1. The van der Waals surface area contributed by atoms with Crippen LogP contribution in [-0.4, -0.2) is 10.8 Å². The summed E-state index contributed by atoms with van der Waals surface area (Å²) in [6.45, 7) is 6.25. The quantitative estimate of drug-likeness (QED) is 0.715. The van der Waals surface area contributed by atoms with Crippen LogP contribution in [0, 0.1) is 11.2 Å². The van der Waals surface area contributed by atoms with Gasteiger partial charge in [0.1, 0.15) is 11.5 Å². The maximum Gasteiger partial charge on any atom is 0.181 e. The van der Waals surface area contributed by atoms with Gasteiger partial charge in [0.05, 0.1) is 6.20 Å². The normalized spacial score (nSPS) is 11.5. The van der Waals surface area contributed by atoms with Crippen molar-refractivity contribution in [3.63, 3.8) is 0 Å². The van der Waals surface area contributed by atoms with E-state index in [1.807, 2.05) is 0 Å². The maximum absolute atomic E-state index is 12.6. The van der Waals surface area contributed by atoms with E-state index in [1.165, 1.54) is 12.1 Å². The van der Waals surface area contributed by atoms with Gasteiger partial charge in [-0.05, 0) is 24.0 Å². The molecule has 0 saturated heterocycles. The summed E-state index contributed by atoms with van der Waals surface area (Å²) in [4.78, 5) is 15.4. The number of rotatable bonds is 3. The van der Waals surface area contributed by atoms with Crippen LogP contribution in [0.4, 0.5) is 4.39 Å². The van der Waals surface area contributed by atoms with Crippen LogP contribution in [0.1, 0.15) is 44.1 Å². The Morgan fingerprint density at radius 1 is 1.40 bits per heavy atom. The summed E-state index contributed by atoms with van der Waals surface area (Å²) in [6.07, 6.45) is 2.34. The number of pyridine rings is 1. The highest BCUT2D eigenvalue weighted by Gasteiger charge is 2.14. The number of nitrogens with zero attached hydrogens (tertiary/aromatic N) is 1. The van der Waals surface area contributed by atoms with Crippen LogP contribution in [0.3, 0.4) is 0 Å². The maximum atomic E-state index is 12.6. The molecular weight excluding hydrogens is 193 g/mol. The first-order valence-electron chi connectivity index (χ1n) is 5.03. The number of carbonyl (C=O) groups is 1. The van der Waals surface area contributed by atoms with Crippen molar-refractivity contribution in [2.45, 2.75) is 33.6 Å². The van der Waals surface area contributed by atoms with Gasteiger partial charge in [-0.15, -0.1) is 0 Å². The highest BCUT2D eigenvalue weighted by atomic mass is 19.1. The number of Topliss-reactive ketones (excluding diaryl/α,β-unsaturated/α-hetero) is 1. The Kier molecular flexibility index (Phi) is 3.56. The van der Waals surface area contributed by atoms with Gasteiger partial charge in [-0.25, -0.2) is 4.39 Å². The van der Waals surface area contributed by atoms with Crippen molar-refractivity contribution in [2.24, 2.45) is 5.41 Å². The largest absolute Gasteiger partial charge is 0.292 e. The monoisotopic (exact) mass is 209 g/mol. The van der Waals surface area contributed by atoms with Crippen LogP contribution in [0.5, 0.6) is 0 Å². The van der Waals surface area contributed by atoms with Crippen LogP contribution in [0.15, 0.2) is 18.3 Å². The number of aromatic nitrogens is 1. The van der Waals surface area contributed by atoms with Gasteiger partial charge in [0, 0.05) is 6.42 Å². The van der Waals surface area contributed by atoms with E-state index in [9.17, 15) is 9.18 Å². The molecule has 0 aromatic carbocycles. The molecule has 0 aliphatic heterocycles. The van der Waals surface area contributed by atoms with Gasteiger partial charge in [-0.1, -0.05) is 20.8 Å². The third-order valence-electron chi connectivity index (χ3n) is 2.12. The van der Waals surface area contributed by atoms with Crippen LogP contribution in [-0.2, 0) is 0 Å². The minimum absolute atomic E-state index is 0.0232. The zero-order valence-corrected chi connectivity index (χ0v) is 9.38. The van der Waals surface area contributed by atoms with E-state index < -0.39 is 5.82 Å². The second kappa shape index (κ2) is 4.51. The fourth-order valence-electron chi connectivity index (χ4n) is 1.16. The van der Waals surface area contributed by atoms with Gasteiger partial charge < -0.3 is 0 Å². The van der Waals surface area contributed by atoms with Crippen molar-refractivity contribution in [1.82, 2.24) is 4.98 Å². The molecule has 2 nitrogen and oxygen atoms in total. The van der Waals surface area contributed by atoms with E-state index in [1.54, 1.807) is 0 Å². The molecule has 1 aromatic heterocycles. The van der Waals surface area contributed by atoms with E-state index in [0.717, 1.165) is 12.6 Å².